The van der Waals surface area contributed by atoms with Gasteiger partial charge in [0.2, 0.25) is 5.91 Å². The van der Waals surface area contributed by atoms with Crippen molar-refractivity contribution in [2.45, 2.75) is 31.8 Å². The second-order valence-corrected chi connectivity index (χ2v) is 3.46. The van der Waals surface area contributed by atoms with Crippen molar-refractivity contribution in [2.75, 3.05) is 13.6 Å². The Morgan fingerprint density at radius 1 is 1.62 bits per heavy atom. The van der Waals surface area contributed by atoms with Crippen LogP contribution in [0, 0.1) is 0 Å². The highest BCUT2D eigenvalue weighted by Crippen LogP contribution is 2.22. The van der Waals surface area contributed by atoms with Crippen molar-refractivity contribution in [1.29, 1.82) is 0 Å². The van der Waals surface area contributed by atoms with Gasteiger partial charge in [-0.25, -0.2) is 0 Å². The summed E-state index contributed by atoms with van der Waals surface area (Å²) in [5.41, 5.74) is 0. The molecule has 0 aromatic heterocycles. The van der Waals surface area contributed by atoms with Gasteiger partial charge in [-0.15, -0.1) is 0 Å². The van der Waals surface area contributed by atoms with Gasteiger partial charge >= 0.3 is 0 Å². The fraction of sp³-hybridized carbons (Fsp3) is 0.778. The highest BCUT2D eigenvalue weighted by molar-refractivity contribution is 5.82. The highest BCUT2D eigenvalue weighted by atomic mass is 16.2. The van der Waals surface area contributed by atoms with Gasteiger partial charge in [-0.3, -0.25) is 4.79 Å². The molecule has 1 saturated heterocycles. The van der Waals surface area contributed by atoms with Crippen molar-refractivity contribution in [3.05, 3.63) is 0 Å². The third-order valence-electron chi connectivity index (χ3n) is 2.49. The summed E-state index contributed by atoms with van der Waals surface area (Å²) in [5.74, 6) is 0.0181. The normalized spacial score (nSPS) is 27.7. The number of amides is 1. The SMILES string of the molecule is CNCC(=O)N1C(C)CCC1C=O. The van der Waals surface area contributed by atoms with Crippen molar-refractivity contribution in [3.8, 4) is 0 Å². The lowest BCUT2D eigenvalue weighted by Gasteiger charge is -2.25. The predicted octanol–water partition coefficient (Wildman–Crippen LogP) is -0.216. The van der Waals surface area contributed by atoms with Gasteiger partial charge in [0.05, 0.1) is 12.6 Å². The molecule has 2 unspecified atom stereocenters. The lowest BCUT2D eigenvalue weighted by Crippen LogP contribution is -2.44. The summed E-state index contributed by atoms with van der Waals surface area (Å²) in [7, 11) is 1.73. The van der Waals surface area contributed by atoms with Crippen LogP contribution in [0.4, 0.5) is 0 Å². The minimum absolute atomic E-state index is 0.0181. The first-order valence-electron chi connectivity index (χ1n) is 4.61. The summed E-state index contributed by atoms with van der Waals surface area (Å²) in [5, 5.41) is 2.80. The molecule has 4 nitrogen and oxygen atoms in total. The van der Waals surface area contributed by atoms with Gasteiger partial charge in [0.1, 0.15) is 6.29 Å². The predicted molar refractivity (Wildman–Crippen MR) is 49.3 cm³/mol. The summed E-state index contributed by atoms with van der Waals surface area (Å²) in [6.07, 6.45) is 2.61. The summed E-state index contributed by atoms with van der Waals surface area (Å²) < 4.78 is 0. The second kappa shape index (κ2) is 4.37. The molecule has 1 N–H and O–H groups in total. The summed E-state index contributed by atoms with van der Waals surface area (Å²) in [4.78, 5) is 23.9. The van der Waals surface area contributed by atoms with Crippen LogP contribution in [0.2, 0.25) is 0 Å². The van der Waals surface area contributed by atoms with Crippen LogP contribution in [0.15, 0.2) is 0 Å². The Morgan fingerprint density at radius 2 is 2.31 bits per heavy atom. The average molecular weight is 184 g/mol. The standard InChI is InChI=1S/C9H16N2O2/c1-7-3-4-8(6-12)11(7)9(13)5-10-2/h6-8,10H,3-5H2,1-2H3. The van der Waals surface area contributed by atoms with Gasteiger partial charge in [0, 0.05) is 6.04 Å². The first kappa shape index (κ1) is 10.2. The quantitative estimate of drug-likeness (QED) is 0.617. The Balaban J connectivity index is 2.63. The van der Waals surface area contributed by atoms with Crippen molar-refractivity contribution >= 4 is 12.2 Å². The Kier molecular flexibility index (Phi) is 3.42. The number of hydrogen-bond donors (Lipinski definition) is 1. The molecule has 0 aromatic rings. The molecule has 2 atom stereocenters. The Bertz CT molecular complexity index is 206. The smallest absolute Gasteiger partial charge is 0.237 e. The van der Waals surface area contributed by atoms with Gasteiger partial charge < -0.3 is 15.0 Å². The molecule has 0 saturated carbocycles. The number of carbonyl (C=O) groups is 2. The van der Waals surface area contributed by atoms with Crippen LogP contribution in [-0.4, -0.2) is 42.8 Å². The number of nitrogens with zero attached hydrogens (tertiary/aromatic N) is 1. The first-order valence-corrected chi connectivity index (χ1v) is 4.61. The fourth-order valence-electron chi connectivity index (χ4n) is 1.82. The summed E-state index contributed by atoms with van der Waals surface area (Å²) in [6.45, 7) is 2.30. The molecule has 0 aromatic carbocycles. The topological polar surface area (TPSA) is 49.4 Å². The number of nitrogens with one attached hydrogen (secondary N) is 1. The van der Waals surface area contributed by atoms with E-state index in [1.165, 1.54) is 0 Å². The first-order chi connectivity index (χ1) is 6.20. The van der Waals surface area contributed by atoms with E-state index in [4.69, 9.17) is 0 Å². The zero-order valence-corrected chi connectivity index (χ0v) is 8.12. The lowest BCUT2D eigenvalue weighted by atomic mass is 10.2. The van der Waals surface area contributed by atoms with E-state index >= 15 is 0 Å². The van der Waals surface area contributed by atoms with Gasteiger partial charge in [-0.2, -0.15) is 0 Å². The molecule has 1 aliphatic heterocycles. The van der Waals surface area contributed by atoms with Crippen LogP contribution in [0.5, 0.6) is 0 Å². The van der Waals surface area contributed by atoms with Crippen LogP contribution < -0.4 is 5.32 Å². The second-order valence-electron chi connectivity index (χ2n) is 3.46. The maximum Gasteiger partial charge on any atom is 0.237 e. The molecule has 1 heterocycles. The number of rotatable bonds is 3. The van der Waals surface area contributed by atoms with Crippen molar-refractivity contribution in [2.24, 2.45) is 0 Å². The highest BCUT2D eigenvalue weighted by Gasteiger charge is 2.33. The van der Waals surface area contributed by atoms with E-state index in [0.29, 0.717) is 6.54 Å². The van der Waals surface area contributed by atoms with Crippen molar-refractivity contribution in [1.82, 2.24) is 10.2 Å². The Morgan fingerprint density at radius 3 is 2.85 bits per heavy atom. The Labute approximate surface area is 78.3 Å². The molecule has 13 heavy (non-hydrogen) atoms. The van der Waals surface area contributed by atoms with E-state index < -0.39 is 0 Å². The van der Waals surface area contributed by atoms with Crippen LogP contribution in [0.3, 0.4) is 0 Å². The number of likely N-dealkylation sites (N-methyl/N-ethyl adjacent to an activating group) is 1. The monoisotopic (exact) mass is 184 g/mol. The molecule has 4 heteroatoms. The molecule has 0 spiro atoms. The molecule has 1 rings (SSSR count). The molecule has 0 bridgehead atoms. The van der Waals surface area contributed by atoms with Crippen LogP contribution in [0.25, 0.3) is 0 Å². The number of aldehydes is 1. The molecule has 1 aliphatic rings. The van der Waals surface area contributed by atoms with Crippen molar-refractivity contribution < 1.29 is 9.59 Å². The number of likely N-dealkylation sites (tertiary alicyclic amines) is 1. The molecule has 1 fully saturated rings. The third-order valence-corrected chi connectivity index (χ3v) is 2.49. The average Bonchev–Trinajstić information content (AvgIpc) is 2.47. The third kappa shape index (κ3) is 2.06. The van der Waals surface area contributed by atoms with E-state index in [1.807, 2.05) is 6.92 Å². The van der Waals surface area contributed by atoms with Crippen LogP contribution in [-0.2, 0) is 9.59 Å². The molecular weight excluding hydrogens is 168 g/mol. The summed E-state index contributed by atoms with van der Waals surface area (Å²) in [6, 6.07) is 0.00639. The maximum absolute atomic E-state index is 11.5. The number of hydrogen-bond acceptors (Lipinski definition) is 3. The van der Waals surface area contributed by atoms with Gasteiger partial charge in [-0.05, 0) is 26.8 Å². The van der Waals surface area contributed by atoms with E-state index in [0.717, 1.165) is 19.1 Å². The van der Waals surface area contributed by atoms with E-state index in [9.17, 15) is 9.59 Å². The van der Waals surface area contributed by atoms with E-state index in [-0.39, 0.29) is 18.0 Å². The molecule has 74 valence electrons. The minimum Gasteiger partial charge on any atom is -0.329 e. The van der Waals surface area contributed by atoms with Crippen LogP contribution >= 0.6 is 0 Å². The largest absolute Gasteiger partial charge is 0.329 e. The number of carbonyl (C=O) groups excluding carboxylic acids is 2. The zero-order valence-electron chi connectivity index (χ0n) is 8.12. The lowest BCUT2D eigenvalue weighted by molar-refractivity contribution is -0.135. The molecule has 0 aliphatic carbocycles. The minimum atomic E-state index is -0.198. The van der Waals surface area contributed by atoms with E-state index in [2.05, 4.69) is 5.32 Å². The Hall–Kier alpha value is -0.900. The molecule has 0 radical (unpaired) electrons. The zero-order chi connectivity index (χ0) is 9.84. The van der Waals surface area contributed by atoms with Crippen LogP contribution in [0.1, 0.15) is 19.8 Å². The van der Waals surface area contributed by atoms with E-state index in [1.54, 1.807) is 11.9 Å². The molecule has 1 amide bonds. The van der Waals surface area contributed by atoms with Crippen molar-refractivity contribution in [3.63, 3.8) is 0 Å². The fourth-order valence-corrected chi connectivity index (χ4v) is 1.82. The van der Waals surface area contributed by atoms with Gasteiger partial charge in [0.15, 0.2) is 0 Å². The molecular formula is C9H16N2O2. The maximum atomic E-state index is 11.5. The summed E-state index contributed by atoms with van der Waals surface area (Å²) >= 11 is 0. The van der Waals surface area contributed by atoms with Gasteiger partial charge in [0.25, 0.3) is 0 Å². The van der Waals surface area contributed by atoms with Gasteiger partial charge in [-0.1, -0.05) is 0 Å².